The molecule has 16 nitrogen and oxygen atoms in total. The monoisotopic (exact) mass is 864 g/mol. The van der Waals surface area contributed by atoms with Crippen molar-refractivity contribution in [1.82, 2.24) is 57.3 Å². The molecule has 1 N–H and O–H groups in total. The molecule has 8 aromatic rings. The van der Waals surface area contributed by atoms with Gasteiger partial charge in [-0.25, -0.2) is 29.5 Å². The standard InChI is InChI=1S/C22H25ClN6O2.C21H21ClN6O2/c1-22(2,31)9-3-11-27-16-6-7-18(23)25-20(16)26-19(27)13-28-17-12-24-10-8-15(17)29(21(28)30)14-4-5-14;1-13(29)3-2-10-26-16-6-7-18(22)24-20(16)25-19(26)12-27-17-11-23-9-8-15(17)28(21(27)30)14-4-5-14/h6-8,10,12,14,31H,3-5,9,11,13H2,1-2H3;6-9,11,14H,2-5,10,12H2,1H3. The first kappa shape index (κ1) is 40.7. The molecule has 2 aliphatic carbocycles. The number of Topliss-reactive ketones (excluding diaryl/α,β-unsaturated/α-hetero) is 1. The van der Waals surface area contributed by atoms with Crippen LogP contribution in [0.2, 0.25) is 10.3 Å². The second kappa shape index (κ2) is 16.3. The summed E-state index contributed by atoms with van der Waals surface area (Å²) in [7, 11) is 0. The van der Waals surface area contributed by atoms with Crippen LogP contribution in [0, 0.1) is 0 Å². The first-order valence-electron chi connectivity index (χ1n) is 20.7. The lowest BCUT2D eigenvalue weighted by molar-refractivity contribution is -0.117. The highest BCUT2D eigenvalue weighted by atomic mass is 35.5. The summed E-state index contributed by atoms with van der Waals surface area (Å²) in [5.74, 6) is 1.60. The molecule has 10 rings (SSSR count). The summed E-state index contributed by atoms with van der Waals surface area (Å²) in [5, 5.41) is 10.9. The van der Waals surface area contributed by atoms with E-state index in [0.29, 0.717) is 72.9 Å². The Hall–Kier alpha value is -5.71. The molecule has 2 saturated carbocycles. The summed E-state index contributed by atoms with van der Waals surface area (Å²) in [6, 6.07) is 11.6. The number of ketones is 1. The van der Waals surface area contributed by atoms with Crippen LogP contribution in [0.15, 0.2) is 70.8 Å². The summed E-state index contributed by atoms with van der Waals surface area (Å²) < 4.78 is 11.3. The minimum Gasteiger partial charge on any atom is -0.390 e. The number of fused-ring (bicyclic) bond motifs is 4. The van der Waals surface area contributed by atoms with Gasteiger partial charge in [-0.05, 0) is 102 Å². The third-order valence-corrected chi connectivity index (χ3v) is 11.8. The Kier molecular flexibility index (Phi) is 10.9. The summed E-state index contributed by atoms with van der Waals surface area (Å²) in [6.45, 7) is 7.09. The van der Waals surface area contributed by atoms with E-state index < -0.39 is 5.60 Å². The van der Waals surface area contributed by atoms with Gasteiger partial charge in [-0.3, -0.25) is 28.2 Å². The lowest BCUT2D eigenvalue weighted by Crippen LogP contribution is -2.25. The van der Waals surface area contributed by atoms with E-state index in [2.05, 4.69) is 29.5 Å². The van der Waals surface area contributed by atoms with Crippen LogP contribution in [0.25, 0.3) is 44.4 Å². The fourth-order valence-corrected chi connectivity index (χ4v) is 8.46. The van der Waals surface area contributed by atoms with Gasteiger partial charge in [-0.1, -0.05) is 23.2 Å². The minimum absolute atomic E-state index is 0.0356. The Balaban J connectivity index is 0.000000156. The van der Waals surface area contributed by atoms with Gasteiger partial charge in [0.2, 0.25) is 0 Å². The van der Waals surface area contributed by atoms with E-state index in [1.54, 1.807) is 66.8 Å². The SMILES string of the molecule is CC(=O)CCCn1c(Cn2c(=O)n(C3CC3)c3ccncc32)nc2nc(Cl)ccc21.CC(C)(O)CCCn1c(Cn2c(=O)n(C3CC3)c3ccncc32)nc2nc(Cl)ccc21. The third-order valence-electron chi connectivity index (χ3n) is 11.3. The maximum Gasteiger partial charge on any atom is 0.329 e. The fourth-order valence-electron chi connectivity index (χ4n) is 8.17. The number of carbonyl (C=O) groups is 1. The van der Waals surface area contributed by atoms with Gasteiger partial charge in [0.15, 0.2) is 11.3 Å². The normalized spacial score (nSPS) is 14.4. The number of aryl methyl sites for hydroxylation is 2. The zero-order valence-corrected chi connectivity index (χ0v) is 35.7. The van der Waals surface area contributed by atoms with Crippen molar-refractivity contribution in [3.05, 3.63) is 104 Å². The third kappa shape index (κ3) is 8.36. The predicted molar refractivity (Wildman–Crippen MR) is 233 cm³/mol. The van der Waals surface area contributed by atoms with Crippen LogP contribution in [0.4, 0.5) is 0 Å². The quantitative estimate of drug-likeness (QED) is 0.113. The van der Waals surface area contributed by atoms with Crippen LogP contribution < -0.4 is 11.4 Å². The minimum atomic E-state index is -0.738. The fraction of sp³-hybridized carbons (Fsp3) is 0.419. The lowest BCUT2D eigenvalue weighted by Gasteiger charge is -2.17. The lowest BCUT2D eigenvalue weighted by atomic mass is 10.0. The van der Waals surface area contributed by atoms with Gasteiger partial charge in [0.1, 0.15) is 27.7 Å². The molecule has 2 fully saturated rings. The van der Waals surface area contributed by atoms with Crippen molar-refractivity contribution in [1.29, 1.82) is 0 Å². The number of carbonyl (C=O) groups excluding carboxylic acids is 1. The number of hydrogen-bond donors (Lipinski definition) is 1. The molecule has 0 saturated heterocycles. The Morgan fingerprint density at radius 2 is 1.11 bits per heavy atom. The molecule has 61 heavy (non-hydrogen) atoms. The van der Waals surface area contributed by atoms with E-state index in [4.69, 9.17) is 28.2 Å². The molecule has 18 heteroatoms. The largest absolute Gasteiger partial charge is 0.390 e. The number of hydrogen-bond acceptors (Lipinski definition) is 10. The molecular weight excluding hydrogens is 819 g/mol. The van der Waals surface area contributed by atoms with Crippen LogP contribution in [0.1, 0.15) is 95.9 Å². The zero-order valence-electron chi connectivity index (χ0n) is 34.2. The average molecular weight is 866 g/mol. The van der Waals surface area contributed by atoms with Crippen molar-refractivity contribution < 1.29 is 9.90 Å². The maximum atomic E-state index is 13.3. The van der Waals surface area contributed by atoms with Crippen molar-refractivity contribution in [2.45, 2.75) is 116 Å². The highest BCUT2D eigenvalue weighted by Gasteiger charge is 2.31. The van der Waals surface area contributed by atoms with E-state index in [1.165, 1.54) is 0 Å². The van der Waals surface area contributed by atoms with Crippen molar-refractivity contribution in [2.75, 3.05) is 0 Å². The second-order valence-electron chi connectivity index (χ2n) is 16.7. The molecule has 2 aliphatic rings. The van der Waals surface area contributed by atoms with Crippen LogP contribution in [0.3, 0.4) is 0 Å². The number of rotatable bonds is 14. The molecule has 0 aliphatic heterocycles. The molecule has 0 amide bonds. The van der Waals surface area contributed by atoms with Gasteiger partial charge < -0.3 is 19.0 Å². The molecule has 8 aromatic heterocycles. The molecule has 0 spiro atoms. The number of nitrogens with zero attached hydrogens (tertiary/aromatic N) is 12. The average Bonchev–Trinajstić information content (AvgIpc) is 4.14. The van der Waals surface area contributed by atoms with Crippen molar-refractivity contribution >= 4 is 73.4 Å². The number of halogens is 2. The summed E-state index contributed by atoms with van der Waals surface area (Å²) in [4.78, 5) is 64.5. The van der Waals surface area contributed by atoms with Crippen LogP contribution in [-0.2, 0) is 31.0 Å². The zero-order chi connectivity index (χ0) is 42.6. The Bertz CT molecular complexity index is 3070. The van der Waals surface area contributed by atoms with Crippen LogP contribution in [-0.4, -0.2) is 73.8 Å². The molecule has 0 bridgehead atoms. The van der Waals surface area contributed by atoms with E-state index in [9.17, 15) is 19.5 Å². The van der Waals surface area contributed by atoms with Gasteiger partial charge in [-0.15, -0.1) is 0 Å². The van der Waals surface area contributed by atoms with Gasteiger partial charge in [0.05, 0.1) is 64.2 Å². The summed E-state index contributed by atoms with van der Waals surface area (Å²) in [6.07, 6.45) is 13.6. The highest BCUT2D eigenvalue weighted by molar-refractivity contribution is 6.30. The maximum absolute atomic E-state index is 13.3. The summed E-state index contributed by atoms with van der Waals surface area (Å²) >= 11 is 12.2. The summed E-state index contributed by atoms with van der Waals surface area (Å²) in [5.41, 5.74) is 5.40. The van der Waals surface area contributed by atoms with Crippen LogP contribution >= 0.6 is 23.2 Å². The molecule has 0 radical (unpaired) electrons. The molecule has 8 heterocycles. The van der Waals surface area contributed by atoms with E-state index in [-0.39, 0.29) is 29.2 Å². The van der Waals surface area contributed by atoms with Gasteiger partial charge >= 0.3 is 11.4 Å². The van der Waals surface area contributed by atoms with Crippen molar-refractivity contribution in [3.8, 4) is 0 Å². The van der Waals surface area contributed by atoms with Crippen molar-refractivity contribution in [3.63, 3.8) is 0 Å². The van der Waals surface area contributed by atoms with Gasteiger partial charge in [0.25, 0.3) is 0 Å². The Morgan fingerprint density at radius 1 is 0.656 bits per heavy atom. The smallest absolute Gasteiger partial charge is 0.329 e. The second-order valence-corrected chi connectivity index (χ2v) is 17.5. The Morgan fingerprint density at radius 3 is 1.54 bits per heavy atom. The molecule has 316 valence electrons. The number of pyridine rings is 4. The van der Waals surface area contributed by atoms with Gasteiger partial charge in [0, 0.05) is 44.0 Å². The first-order valence-corrected chi connectivity index (χ1v) is 21.4. The van der Waals surface area contributed by atoms with Crippen LogP contribution in [0.5, 0.6) is 0 Å². The van der Waals surface area contributed by atoms with E-state index in [1.807, 2.05) is 38.0 Å². The number of imidazole rings is 4. The van der Waals surface area contributed by atoms with E-state index >= 15 is 0 Å². The van der Waals surface area contributed by atoms with Crippen molar-refractivity contribution in [2.24, 2.45) is 0 Å². The highest BCUT2D eigenvalue weighted by Crippen LogP contribution is 2.37. The number of aromatic nitrogens is 12. The molecular formula is C43H46Cl2N12O4. The molecule has 0 unspecified atom stereocenters. The van der Waals surface area contributed by atoms with E-state index in [0.717, 1.165) is 71.0 Å². The first-order chi connectivity index (χ1) is 29.3. The molecule has 0 aromatic carbocycles. The Labute approximate surface area is 359 Å². The van der Waals surface area contributed by atoms with Gasteiger partial charge in [-0.2, -0.15) is 0 Å². The molecule has 0 atom stereocenters. The predicted octanol–water partition coefficient (Wildman–Crippen LogP) is 6.88. The number of aliphatic hydroxyl groups is 1. The topological polar surface area (TPSA) is 178 Å².